The minimum Gasteiger partial charge on any atom is -0.354 e. The van der Waals surface area contributed by atoms with Crippen LogP contribution in [0.2, 0.25) is 0 Å². The lowest BCUT2D eigenvalue weighted by Gasteiger charge is -2.14. The standard InChI is InChI=1S/C27H27FN6O2S/c1-27(2,3)23-16-24(34(33-23)19-9-5-17(28)6-10-19)32-26(36)31-18-7-11-20(12-8-18)37-21-13-14-30-22(15-21)25(35)29-4/h5-16H,1-4H3,(H,29,35)(H2,31,32,36). The molecule has 190 valence electrons. The van der Waals surface area contributed by atoms with Gasteiger partial charge in [0.25, 0.3) is 5.91 Å². The number of hydrogen-bond donors (Lipinski definition) is 3. The van der Waals surface area contributed by atoms with Crippen molar-refractivity contribution in [3.63, 3.8) is 0 Å². The van der Waals surface area contributed by atoms with Crippen LogP contribution in [0.3, 0.4) is 0 Å². The van der Waals surface area contributed by atoms with Gasteiger partial charge in [-0.05, 0) is 60.7 Å². The molecule has 2 aromatic heterocycles. The van der Waals surface area contributed by atoms with E-state index in [4.69, 9.17) is 0 Å². The number of hydrogen-bond acceptors (Lipinski definition) is 5. The van der Waals surface area contributed by atoms with Crippen molar-refractivity contribution in [3.05, 3.63) is 90.1 Å². The number of carbonyl (C=O) groups is 2. The Morgan fingerprint density at radius 1 is 0.919 bits per heavy atom. The van der Waals surface area contributed by atoms with Gasteiger partial charge in [-0.15, -0.1) is 0 Å². The molecule has 0 bridgehead atoms. The number of halogens is 1. The largest absolute Gasteiger partial charge is 0.354 e. The maximum absolute atomic E-state index is 13.4. The summed E-state index contributed by atoms with van der Waals surface area (Å²) in [7, 11) is 1.56. The Kier molecular flexibility index (Phi) is 7.58. The molecule has 8 nitrogen and oxygen atoms in total. The molecule has 3 N–H and O–H groups in total. The van der Waals surface area contributed by atoms with Gasteiger partial charge < -0.3 is 10.6 Å². The molecule has 2 heterocycles. The van der Waals surface area contributed by atoms with Crippen molar-refractivity contribution < 1.29 is 14.0 Å². The summed E-state index contributed by atoms with van der Waals surface area (Å²) in [4.78, 5) is 30.5. The lowest BCUT2D eigenvalue weighted by Crippen LogP contribution is -2.21. The number of pyridine rings is 1. The molecule has 2 aromatic carbocycles. The maximum Gasteiger partial charge on any atom is 0.324 e. The first-order valence-corrected chi connectivity index (χ1v) is 12.3. The molecule has 10 heteroatoms. The smallest absolute Gasteiger partial charge is 0.324 e. The Hall–Kier alpha value is -4.18. The Morgan fingerprint density at radius 2 is 1.62 bits per heavy atom. The highest BCUT2D eigenvalue weighted by Crippen LogP contribution is 2.29. The van der Waals surface area contributed by atoms with Crippen molar-refractivity contribution in [1.29, 1.82) is 0 Å². The number of rotatable bonds is 6. The van der Waals surface area contributed by atoms with Gasteiger partial charge >= 0.3 is 6.03 Å². The first kappa shape index (κ1) is 25.9. The Balaban J connectivity index is 1.46. The number of benzene rings is 2. The number of nitrogens with one attached hydrogen (secondary N) is 3. The molecular formula is C27H27FN6O2S. The molecule has 0 atom stereocenters. The molecule has 3 amide bonds. The van der Waals surface area contributed by atoms with E-state index in [1.807, 2.05) is 45.0 Å². The highest BCUT2D eigenvalue weighted by Gasteiger charge is 2.21. The van der Waals surface area contributed by atoms with Crippen LogP contribution in [0.4, 0.5) is 20.7 Å². The third-order valence-electron chi connectivity index (χ3n) is 5.33. The van der Waals surface area contributed by atoms with Crippen molar-refractivity contribution in [1.82, 2.24) is 20.1 Å². The molecule has 4 rings (SSSR count). The fourth-order valence-electron chi connectivity index (χ4n) is 3.36. The van der Waals surface area contributed by atoms with Gasteiger partial charge in [-0.25, -0.2) is 13.9 Å². The van der Waals surface area contributed by atoms with Gasteiger partial charge in [-0.3, -0.25) is 15.1 Å². The molecule has 0 aliphatic rings. The van der Waals surface area contributed by atoms with E-state index in [2.05, 4.69) is 26.0 Å². The lowest BCUT2D eigenvalue weighted by molar-refractivity contribution is 0.0958. The predicted octanol–water partition coefficient (Wildman–Crippen LogP) is 5.86. The zero-order chi connectivity index (χ0) is 26.6. The Labute approximate surface area is 218 Å². The summed E-state index contributed by atoms with van der Waals surface area (Å²) in [5.41, 5.74) is 2.11. The van der Waals surface area contributed by atoms with Crippen molar-refractivity contribution in [2.75, 3.05) is 17.7 Å². The third kappa shape index (κ3) is 6.53. The minimum absolute atomic E-state index is 0.247. The number of carbonyl (C=O) groups excluding carboxylic acids is 2. The fraction of sp³-hybridized carbons (Fsp3) is 0.185. The number of aromatic nitrogens is 3. The van der Waals surface area contributed by atoms with Crippen LogP contribution in [0.15, 0.2) is 82.7 Å². The van der Waals surface area contributed by atoms with Crippen LogP contribution in [0.1, 0.15) is 37.0 Å². The number of nitrogens with zero attached hydrogens (tertiary/aromatic N) is 3. The molecule has 0 aliphatic carbocycles. The highest BCUT2D eigenvalue weighted by atomic mass is 32.2. The Morgan fingerprint density at radius 3 is 2.27 bits per heavy atom. The molecular weight excluding hydrogens is 491 g/mol. The van der Waals surface area contributed by atoms with E-state index in [-0.39, 0.29) is 17.1 Å². The summed E-state index contributed by atoms with van der Waals surface area (Å²) >= 11 is 1.48. The molecule has 0 aliphatic heterocycles. The zero-order valence-corrected chi connectivity index (χ0v) is 21.7. The third-order valence-corrected chi connectivity index (χ3v) is 6.33. The zero-order valence-electron chi connectivity index (χ0n) is 20.9. The first-order chi connectivity index (χ1) is 17.6. The minimum atomic E-state index is -0.437. The molecule has 0 radical (unpaired) electrons. The fourth-order valence-corrected chi connectivity index (χ4v) is 4.21. The second kappa shape index (κ2) is 10.8. The van der Waals surface area contributed by atoms with E-state index < -0.39 is 6.03 Å². The van der Waals surface area contributed by atoms with Crippen LogP contribution in [0.25, 0.3) is 5.69 Å². The average Bonchev–Trinajstić information content (AvgIpc) is 3.29. The molecule has 0 fully saturated rings. The van der Waals surface area contributed by atoms with E-state index >= 15 is 0 Å². The van der Waals surface area contributed by atoms with Crippen LogP contribution in [-0.2, 0) is 5.41 Å². The van der Waals surface area contributed by atoms with E-state index in [1.54, 1.807) is 48.3 Å². The summed E-state index contributed by atoms with van der Waals surface area (Å²) in [5, 5.41) is 12.9. The van der Waals surface area contributed by atoms with E-state index in [0.717, 1.165) is 15.5 Å². The quantitative estimate of drug-likeness (QED) is 0.297. The summed E-state index contributed by atoms with van der Waals surface area (Å²) in [6, 6.07) is 18.2. The summed E-state index contributed by atoms with van der Waals surface area (Å²) < 4.78 is 15.0. The molecule has 0 unspecified atom stereocenters. The second-order valence-corrected chi connectivity index (χ2v) is 10.4. The normalized spacial score (nSPS) is 11.2. The van der Waals surface area contributed by atoms with Crippen LogP contribution in [0.5, 0.6) is 0 Å². The van der Waals surface area contributed by atoms with Crippen molar-refractivity contribution in [2.45, 2.75) is 36.0 Å². The summed E-state index contributed by atoms with van der Waals surface area (Å²) in [6.07, 6.45) is 1.59. The van der Waals surface area contributed by atoms with Gasteiger partial charge in [0.15, 0.2) is 0 Å². The monoisotopic (exact) mass is 518 g/mol. The van der Waals surface area contributed by atoms with Crippen molar-refractivity contribution >= 4 is 35.2 Å². The van der Waals surface area contributed by atoms with Crippen LogP contribution in [-0.4, -0.2) is 33.8 Å². The predicted molar refractivity (Wildman–Crippen MR) is 143 cm³/mol. The maximum atomic E-state index is 13.4. The van der Waals surface area contributed by atoms with Crippen LogP contribution in [0, 0.1) is 5.82 Å². The van der Waals surface area contributed by atoms with E-state index in [0.29, 0.717) is 22.9 Å². The van der Waals surface area contributed by atoms with Gasteiger partial charge in [0.2, 0.25) is 0 Å². The van der Waals surface area contributed by atoms with E-state index in [9.17, 15) is 14.0 Å². The SMILES string of the molecule is CNC(=O)c1cc(Sc2ccc(NC(=O)Nc3cc(C(C)(C)C)nn3-c3ccc(F)cc3)cc2)ccn1. The molecule has 0 spiro atoms. The van der Waals surface area contributed by atoms with Gasteiger partial charge in [0.1, 0.15) is 17.3 Å². The topological polar surface area (TPSA) is 101 Å². The van der Waals surface area contributed by atoms with Gasteiger partial charge in [0.05, 0.1) is 11.4 Å². The molecule has 4 aromatic rings. The number of anilines is 2. The lowest BCUT2D eigenvalue weighted by atomic mass is 9.92. The van der Waals surface area contributed by atoms with Crippen LogP contribution >= 0.6 is 11.8 Å². The summed E-state index contributed by atoms with van der Waals surface area (Å²) in [5.74, 6) is -0.133. The number of urea groups is 1. The van der Waals surface area contributed by atoms with Crippen LogP contribution < -0.4 is 16.0 Å². The second-order valence-electron chi connectivity index (χ2n) is 9.21. The number of amides is 3. The highest BCUT2D eigenvalue weighted by molar-refractivity contribution is 7.99. The average molecular weight is 519 g/mol. The van der Waals surface area contributed by atoms with Crippen molar-refractivity contribution in [3.8, 4) is 5.69 Å². The molecule has 0 saturated carbocycles. The van der Waals surface area contributed by atoms with E-state index in [1.165, 1.54) is 23.9 Å². The Bertz CT molecular complexity index is 1410. The summed E-state index contributed by atoms with van der Waals surface area (Å²) in [6.45, 7) is 6.08. The molecule has 37 heavy (non-hydrogen) atoms. The van der Waals surface area contributed by atoms with Gasteiger partial charge in [-0.1, -0.05) is 32.5 Å². The van der Waals surface area contributed by atoms with Crippen molar-refractivity contribution in [2.24, 2.45) is 0 Å². The van der Waals surface area contributed by atoms with Gasteiger partial charge in [0, 0.05) is 40.2 Å². The van der Waals surface area contributed by atoms with Gasteiger partial charge in [-0.2, -0.15) is 5.10 Å². The first-order valence-electron chi connectivity index (χ1n) is 11.5. The molecule has 0 saturated heterocycles.